The molecule has 0 saturated carbocycles. The van der Waals surface area contributed by atoms with E-state index in [1.807, 2.05) is 18.2 Å². The summed E-state index contributed by atoms with van der Waals surface area (Å²) >= 11 is 0. The molecule has 0 fully saturated rings. The molecule has 2 nitrogen and oxygen atoms in total. The lowest BCUT2D eigenvalue weighted by Gasteiger charge is -2.06. The summed E-state index contributed by atoms with van der Waals surface area (Å²) in [4.78, 5) is 5.07. The zero-order valence-electron chi connectivity index (χ0n) is 6.73. The molecule has 12 heavy (non-hydrogen) atoms. The zero-order valence-corrected chi connectivity index (χ0v) is 6.73. The summed E-state index contributed by atoms with van der Waals surface area (Å²) in [5, 5.41) is 3.61. The molecule has 0 amide bonds. The van der Waals surface area contributed by atoms with Gasteiger partial charge in [0.05, 0.1) is 0 Å². The van der Waals surface area contributed by atoms with Crippen molar-refractivity contribution in [2.75, 3.05) is 0 Å². The third-order valence-corrected chi connectivity index (χ3v) is 1.89. The molecule has 1 atom stereocenters. The van der Waals surface area contributed by atoms with Crippen molar-refractivity contribution in [2.24, 2.45) is 5.16 Å². The minimum Gasteiger partial charge on any atom is -0.391 e. The Balaban J connectivity index is 1.95. The van der Waals surface area contributed by atoms with Crippen LogP contribution in [-0.4, -0.2) is 12.3 Å². The lowest BCUT2D eigenvalue weighted by molar-refractivity contribution is 0.0860. The molecule has 1 aromatic rings. The lowest BCUT2D eigenvalue weighted by Crippen LogP contribution is -2.08. The van der Waals surface area contributed by atoms with E-state index in [4.69, 9.17) is 4.84 Å². The quantitative estimate of drug-likeness (QED) is 0.647. The Bertz CT molecular complexity index is 260. The average Bonchev–Trinajstić information content (AvgIpc) is 2.59. The van der Waals surface area contributed by atoms with E-state index in [1.165, 1.54) is 5.56 Å². The van der Waals surface area contributed by atoms with Crippen LogP contribution in [0, 0.1) is 0 Å². The normalized spacial score (nSPS) is 20.8. The van der Waals surface area contributed by atoms with Crippen LogP contribution in [0.3, 0.4) is 0 Å². The molecule has 1 heterocycles. The fourth-order valence-corrected chi connectivity index (χ4v) is 1.27. The van der Waals surface area contributed by atoms with Crippen LogP contribution in [0.15, 0.2) is 35.5 Å². The monoisotopic (exact) mass is 160 g/mol. The summed E-state index contributed by atoms with van der Waals surface area (Å²) in [7, 11) is 0. The topological polar surface area (TPSA) is 21.6 Å². The van der Waals surface area contributed by atoms with E-state index >= 15 is 0 Å². The maximum absolute atomic E-state index is 5.07. The molecule has 1 unspecified atom stereocenters. The van der Waals surface area contributed by atoms with Gasteiger partial charge in [-0.25, -0.2) is 0 Å². The first kappa shape index (κ1) is 7.35. The van der Waals surface area contributed by atoms with Crippen molar-refractivity contribution in [3.63, 3.8) is 0 Å². The first-order valence-corrected chi connectivity index (χ1v) is 4.08. The molecule has 0 saturated heterocycles. The zero-order chi connectivity index (χ0) is 8.23. The van der Waals surface area contributed by atoms with Crippen molar-refractivity contribution in [1.29, 1.82) is 0 Å². The fourth-order valence-electron chi connectivity index (χ4n) is 1.27. The number of hydrogen-bond donors (Lipinski definition) is 0. The van der Waals surface area contributed by atoms with Gasteiger partial charge in [-0.1, -0.05) is 35.5 Å². The Morgan fingerprint density at radius 1 is 1.42 bits per heavy atom. The van der Waals surface area contributed by atoms with Crippen molar-refractivity contribution in [1.82, 2.24) is 0 Å². The van der Waals surface area contributed by atoms with Crippen LogP contribution < -0.4 is 0 Å². The smallest absolute Gasteiger partial charge is 0.137 e. The van der Waals surface area contributed by atoms with Crippen molar-refractivity contribution in [2.45, 2.75) is 18.9 Å². The lowest BCUT2D eigenvalue weighted by atomic mass is 10.1. The predicted molar refractivity (Wildman–Crippen MR) is 47.1 cm³/mol. The molecule has 0 N–H and O–H groups in total. The molecule has 1 radical (unpaired) electrons. The van der Waals surface area contributed by atoms with Gasteiger partial charge in [0.15, 0.2) is 0 Å². The molecule has 61 valence electrons. The van der Waals surface area contributed by atoms with E-state index in [1.54, 1.807) is 0 Å². The standard InChI is InChI=1S/C10H10NO/c1-2-4-9(5-3-1)8-10-6-7-11-12-10/h1-5,10H,6,8H2. The van der Waals surface area contributed by atoms with Crippen LogP contribution >= 0.6 is 0 Å². The second-order valence-corrected chi connectivity index (χ2v) is 2.87. The molecule has 0 bridgehead atoms. The molecule has 1 aliphatic heterocycles. The minimum atomic E-state index is 0.201. The van der Waals surface area contributed by atoms with E-state index in [9.17, 15) is 0 Å². The van der Waals surface area contributed by atoms with Crippen molar-refractivity contribution >= 4 is 6.21 Å². The molecule has 0 aliphatic carbocycles. The predicted octanol–water partition coefficient (Wildman–Crippen LogP) is 1.88. The number of hydrogen-bond acceptors (Lipinski definition) is 2. The van der Waals surface area contributed by atoms with Crippen LogP contribution in [0.4, 0.5) is 0 Å². The molecular weight excluding hydrogens is 150 g/mol. The maximum Gasteiger partial charge on any atom is 0.137 e. The van der Waals surface area contributed by atoms with Gasteiger partial charge >= 0.3 is 0 Å². The number of benzene rings is 1. The maximum atomic E-state index is 5.07. The second kappa shape index (κ2) is 3.39. The highest BCUT2D eigenvalue weighted by molar-refractivity contribution is 5.58. The summed E-state index contributed by atoms with van der Waals surface area (Å²) in [6.07, 6.45) is 4.74. The largest absolute Gasteiger partial charge is 0.391 e. The average molecular weight is 160 g/mol. The molecule has 0 aromatic heterocycles. The van der Waals surface area contributed by atoms with Gasteiger partial charge in [0.2, 0.25) is 0 Å². The van der Waals surface area contributed by atoms with Gasteiger partial charge in [0.25, 0.3) is 0 Å². The van der Waals surface area contributed by atoms with Gasteiger partial charge < -0.3 is 4.84 Å². The summed E-state index contributed by atoms with van der Waals surface area (Å²) in [6, 6.07) is 10.3. The van der Waals surface area contributed by atoms with E-state index < -0.39 is 0 Å². The highest BCUT2D eigenvalue weighted by Gasteiger charge is 2.13. The van der Waals surface area contributed by atoms with Gasteiger partial charge in [-0.15, -0.1) is 0 Å². The van der Waals surface area contributed by atoms with E-state index in [2.05, 4.69) is 23.5 Å². The van der Waals surface area contributed by atoms with Crippen LogP contribution in [-0.2, 0) is 11.3 Å². The highest BCUT2D eigenvalue weighted by Crippen LogP contribution is 2.11. The van der Waals surface area contributed by atoms with Gasteiger partial charge in [0.1, 0.15) is 12.3 Å². The Hall–Kier alpha value is -1.31. The van der Waals surface area contributed by atoms with Gasteiger partial charge in [-0.2, -0.15) is 0 Å². The van der Waals surface area contributed by atoms with E-state index in [0.29, 0.717) is 0 Å². The second-order valence-electron chi connectivity index (χ2n) is 2.87. The van der Waals surface area contributed by atoms with Crippen molar-refractivity contribution < 1.29 is 4.84 Å². The van der Waals surface area contributed by atoms with Crippen molar-refractivity contribution in [3.05, 3.63) is 35.9 Å². The molecular formula is C10H10NO. The third-order valence-electron chi connectivity index (χ3n) is 1.89. The first-order valence-electron chi connectivity index (χ1n) is 4.08. The summed E-state index contributed by atoms with van der Waals surface area (Å²) in [5.41, 5.74) is 1.29. The molecule has 2 rings (SSSR count). The van der Waals surface area contributed by atoms with Gasteiger partial charge in [-0.05, 0) is 5.56 Å². The molecule has 2 heteroatoms. The van der Waals surface area contributed by atoms with Gasteiger partial charge in [-0.3, -0.25) is 0 Å². The van der Waals surface area contributed by atoms with Crippen LogP contribution in [0.2, 0.25) is 0 Å². The van der Waals surface area contributed by atoms with Crippen LogP contribution in [0.25, 0.3) is 0 Å². The Morgan fingerprint density at radius 2 is 2.25 bits per heavy atom. The van der Waals surface area contributed by atoms with Crippen LogP contribution in [0.1, 0.15) is 12.0 Å². The Morgan fingerprint density at radius 3 is 2.92 bits per heavy atom. The molecule has 1 aliphatic rings. The summed E-state index contributed by atoms with van der Waals surface area (Å²) in [5.74, 6) is 0. The summed E-state index contributed by atoms with van der Waals surface area (Å²) < 4.78 is 0. The fraction of sp³-hybridized carbons (Fsp3) is 0.300. The third kappa shape index (κ3) is 1.64. The summed E-state index contributed by atoms with van der Waals surface area (Å²) in [6.45, 7) is 0. The van der Waals surface area contributed by atoms with E-state index in [-0.39, 0.29) is 6.10 Å². The van der Waals surface area contributed by atoms with Crippen molar-refractivity contribution in [3.8, 4) is 0 Å². The highest BCUT2D eigenvalue weighted by atomic mass is 16.6. The van der Waals surface area contributed by atoms with Gasteiger partial charge in [0, 0.05) is 12.8 Å². The number of rotatable bonds is 2. The minimum absolute atomic E-state index is 0.201. The van der Waals surface area contributed by atoms with E-state index in [0.717, 1.165) is 12.8 Å². The number of nitrogens with zero attached hydrogens (tertiary/aromatic N) is 1. The molecule has 0 spiro atoms. The first-order chi connectivity index (χ1) is 5.95. The Kier molecular flexibility index (Phi) is 2.08. The SMILES string of the molecule is [C]1=NOC(Cc2ccccc2)C1. The Labute approximate surface area is 71.8 Å². The van der Waals surface area contributed by atoms with Crippen LogP contribution in [0.5, 0.6) is 0 Å². The molecule has 1 aromatic carbocycles.